The molecular weight excluding hydrogens is 286 g/mol. The molecule has 0 radical (unpaired) electrons. The van der Waals surface area contributed by atoms with Crippen molar-refractivity contribution in [3.8, 4) is 0 Å². The maximum absolute atomic E-state index is 10.1. The van der Waals surface area contributed by atoms with Gasteiger partial charge in [0.15, 0.2) is 0 Å². The maximum atomic E-state index is 10.1. The minimum atomic E-state index is -0.798. The van der Waals surface area contributed by atoms with Crippen molar-refractivity contribution in [2.45, 2.75) is 39.7 Å². The van der Waals surface area contributed by atoms with Gasteiger partial charge in [-0.25, -0.2) is 10.8 Å². The number of hydrogen-bond acceptors (Lipinski definition) is 7. The van der Waals surface area contributed by atoms with Crippen molar-refractivity contribution in [1.82, 2.24) is 9.97 Å². The Morgan fingerprint density at radius 3 is 2.62 bits per heavy atom. The van der Waals surface area contributed by atoms with E-state index in [4.69, 9.17) is 5.84 Å². The third kappa shape index (κ3) is 3.61. The molecule has 6 nitrogen and oxygen atoms in total. The summed E-state index contributed by atoms with van der Waals surface area (Å²) in [5.41, 5.74) is 1.73. The molecule has 0 saturated carbocycles. The number of likely N-dealkylation sites (N-methyl/N-ethyl adjacent to an activating group) is 1. The topological polar surface area (TPSA) is 87.3 Å². The van der Waals surface area contributed by atoms with Gasteiger partial charge in [0, 0.05) is 18.0 Å². The molecule has 0 unspecified atom stereocenters. The summed E-state index contributed by atoms with van der Waals surface area (Å²) in [7, 11) is 0. The van der Waals surface area contributed by atoms with Crippen LogP contribution < -0.4 is 16.2 Å². The lowest BCUT2D eigenvalue weighted by Crippen LogP contribution is -2.39. The summed E-state index contributed by atoms with van der Waals surface area (Å²) in [6.07, 6.45) is 0.962. The second kappa shape index (κ2) is 6.13. The van der Waals surface area contributed by atoms with E-state index in [1.54, 1.807) is 25.2 Å². The van der Waals surface area contributed by atoms with Crippen LogP contribution in [0.2, 0.25) is 0 Å². The zero-order chi connectivity index (χ0) is 15.6. The van der Waals surface area contributed by atoms with Crippen molar-refractivity contribution in [3.05, 3.63) is 10.9 Å². The SMILES string of the molecule is CCc1cc2c(N(CC)CC(C)(C)O)nc(NN)nc2s1. The molecule has 2 aromatic heterocycles. The smallest absolute Gasteiger partial charge is 0.240 e. The zero-order valence-corrected chi connectivity index (χ0v) is 13.8. The molecule has 7 heteroatoms. The standard InChI is InChI=1S/C14H23N5OS/c1-5-9-7-10-11(19(6-2)8-14(3,4)20)16-13(18-15)17-12(10)21-9/h7,20H,5-6,8,15H2,1-4H3,(H,16,17,18). The molecule has 2 rings (SSSR count). The normalized spacial score (nSPS) is 11.9. The van der Waals surface area contributed by atoms with E-state index >= 15 is 0 Å². The first-order valence-electron chi connectivity index (χ1n) is 7.12. The van der Waals surface area contributed by atoms with E-state index in [9.17, 15) is 5.11 Å². The average molecular weight is 309 g/mol. The summed E-state index contributed by atoms with van der Waals surface area (Å²) in [6.45, 7) is 8.99. The number of hydrazine groups is 1. The Bertz CT molecular complexity index is 620. The number of nitrogens with zero attached hydrogens (tertiary/aromatic N) is 3. The van der Waals surface area contributed by atoms with Gasteiger partial charge in [-0.15, -0.1) is 11.3 Å². The molecule has 0 fully saturated rings. The van der Waals surface area contributed by atoms with E-state index in [1.165, 1.54) is 4.88 Å². The van der Waals surface area contributed by atoms with Gasteiger partial charge in [0.25, 0.3) is 0 Å². The van der Waals surface area contributed by atoms with Crippen LogP contribution in [-0.4, -0.2) is 33.8 Å². The summed E-state index contributed by atoms with van der Waals surface area (Å²) < 4.78 is 0. The molecular formula is C14H23N5OS. The van der Waals surface area contributed by atoms with Gasteiger partial charge in [0.2, 0.25) is 5.95 Å². The number of anilines is 2. The molecule has 0 amide bonds. The number of hydrogen-bond donors (Lipinski definition) is 3. The van der Waals surface area contributed by atoms with Gasteiger partial charge in [0.05, 0.1) is 11.0 Å². The number of nitrogens with two attached hydrogens (primary N) is 1. The average Bonchev–Trinajstić information content (AvgIpc) is 2.85. The first-order chi connectivity index (χ1) is 9.87. The van der Waals surface area contributed by atoms with Gasteiger partial charge in [-0.05, 0) is 33.3 Å². The third-order valence-corrected chi connectivity index (χ3v) is 4.33. The number of aliphatic hydroxyl groups is 1. The highest BCUT2D eigenvalue weighted by Gasteiger charge is 2.22. The van der Waals surface area contributed by atoms with Crippen molar-refractivity contribution < 1.29 is 5.11 Å². The fourth-order valence-electron chi connectivity index (χ4n) is 2.24. The Balaban J connectivity index is 2.55. The van der Waals surface area contributed by atoms with Crippen molar-refractivity contribution in [3.63, 3.8) is 0 Å². The lowest BCUT2D eigenvalue weighted by molar-refractivity contribution is 0.0875. The van der Waals surface area contributed by atoms with Gasteiger partial charge in [-0.2, -0.15) is 4.98 Å². The minimum Gasteiger partial charge on any atom is -0.389 e. The Hall–Kier alpha value is -1.44. The monoisotopic (exact) mass is 309 g/mol. The van der Waals surface area contributed by atoms with Crippen molar-refractivity contribution in [2.75, 3.05) is 23.4 Å². The Labute approximate surface area is 129 Å². The van der Waals surface area contributed by atoms with E-state index in [0.717, 1.165) is 29.0 Å². The fraction of sp³-hybridized carbons (Fsp3) is 0.571. The highest BCUT2D eigenvalue weighted by Crippen LogP contribution is 2.32. The second-order valence-corrected chi connectivity index (χ2v) is 6.74. The van der Waals surface area contributed by atoms with Crippen LogP contribution in [0.15, 0.2) is 6.07 Å². The van der Waals surface area contributed by atoms with Crippen LogP contribution in [0.25, 0.3) is 10.2 Å². The molecule has 2 aromatic rings. The summed E-state index contributed by atoms with van der Waals surface area (Å²) in [5.74, 6) is 6.69. The van der Waals surface area contributed by atoms with E-state index in [1.807, 2.05) is 6.92 Å². The molecule has 4 N–H and O–H groups in total. The molecule has 0 aliphatic rings. The Morgan fingerprint density at radius 2 is 2.10 bits per heavy atom. The quantitative estimate of drug-likeness (QED) is 0.560. The molecule has 2 heterocycles. The number of thiophene rings is 1. The molecule has 116 valence electrons. The first kappa shape index (κ1) is 15.9. The number of nitrogen functional groups attached to an aromatic ring is 1. The molecule has 0 saturated heterocycles. The lowest BCUT2D eigenvalue weighted by Gasteiger charge is -2.29. The van der Waals surface area contributed by atoms with Gasteiger partial charge >= 0.3 is 0 Å². The lowest BCUT2D eigenvalue weighted by atomic mass is 10.1. The number of fused-ring (bicyclic) bond motifs is 1. The number of rotatable bonds is 6. The summed E-state index contributed by atoms with van der Waals surface area (Å²) in [6, 6.07) is 2.13. The van der Waals surface area contributed by atoms with Crippen LogP contribution in [0.3, 0.4) is 0 Å². The highest BCUT2D eigenvalue weighted by atomic mass is 32.1. The molecule has 0 aromatic carbocycles. The van der Waals surface area contributed by atoms with Crippen molar-refractivity contribution in [2.24, 2.45) is 5.84 Å². The van der Waals surface area contributed by atoms with Gasteiger partial charge in [0.1, 0.15) is 10.6 Å². The summed E-state index contributed by atoms with van der Waals surface area (Å²) in [5, 5.41) is 11.1. The summed E-state index contributed by atoms with van der Waals surface area (Å²) in [4.78, 5) is 13.1. The largest absolute Gasteiger partial charge is 0.389 e. The zero-order valence-electron chi connectivity index (χ0n) is 13.0. The van der Waals surface area contributed by atoms with Gasteiger partial charge in [-0.1, -0.05) is 6.92 Å². The second-order valence-electron chi connectivity index (χ2n) is 5.63. The predicted molar refractivity (Wildman–Crippen MR) is 88.8 cm³/mol. The Morgan fingerprint density at radius 1 is 1.38 bits per heavy atom. The van der Waals surface area contributed by atoms with Crippen LogP contribution in [0.5, 0.6) is 0 Å². The van der Waals surface area contributed by atoms with Crippen LogP contribution >= 0.6 is 11.3 Å². The van der Waals surface area contributed by atoms with Crippen LogP contribution in [-0.2, 0) is 6.42 Å². The number of aryl methyl sites for hydroxylation is 1. The maximum Gasteiger partial charge on any atom is 0.240 e. The van der Waals surface area contributed by atoms with Crippen LogP contribution in [0, 0.1) is 0 Å². The molecule has 0 bridgehead atoms. The van der Waals surface area contributed by atoms with Crippen molar-refractivity contribution in [1.29, 1.82) is 0 Å². The molecule has 21 heavy (non-hydrogen) atoms. The van der Waals surface area contributed by atoms with Gasteiger partial charge in [-0.3, -0.25) is 5.43 Å². The fourth-order valence-corrected chi connectivity index (χ4v) is 3.20. The van der Waals surface area contributed by atoms with E-state index in [2.05, 4.69) is 33.3 Å². The Kier molecular flexibility index (Phi) is 4.65. The minimum absolute atomic E-state index is 0.399. The van der Waals surface area contributed by atoms with Crippen LogP contribution in [0.1, 0.15) is 32.6 Å². The first-order valence-corrected chi connectivity index (χ1v) is 7.94. The van der Waals surface area contributed by atoms with Crippen molar-refractivity contribution >= 4 is 33.3 Å². The van der Waals surface area contributed by atoms with E-state index in [0.29, 0.717) is 12.5 Å². The molecule has 0 atom stereocenters. The predicted octanol–water partition coefficient (Wildman–Crippen LogP) is 2.14. The number of aromatic nitrogens is 2. The third-order valence-electron chi connectivity index (χ3n) is 3.16. The number of nitrogens with one attached hydrogen (secondary N) is 1. The van der Waals surface area contributed by atoms with E-state index < -0.39 is 5.60 Å². The molecule has 0 aliphatic heterocycles. The van der Waals surface area contributed by atoms with E-state index in [-0.39, 0.29) is 0 Å². The van der Waals surface area contributed by atoms with Gasteiger partial charge < -0.3 is 10.0 Å². The summed E-state index contributed by atoms with van der Waals surface area (Å²) >= 11 is 1.65. The highest BCUT2D eigenvalue weighted by molar-refractivity contribution is 7.18. The molecule has 0 aliphatic carbocycles. The van der Waals surface area contributed by atoms with Crippen LogP contribution in [0.4, 0.5) is 11.8 Å². The molecule has 0 spiro atoms.